The van der Waals surface area contributed by atoms with Crippen LogP contribution in [0, 0.1) is 0 Å². The van der Waals surface area contributed by atoms with Crippen LogP contribution in [0.1, 0.15) is 13.8 Å². The van der Waals surface area contributed by atoms with Crippen molar-refractivity contribution in [3.63, 3.8) is 0 Å². The van der Waals surface area contributed by atoms with Crippen molar-refractivity contribution >= 4 is 17.4 Å². The summed E-state index contributed by atoms with van der Waals surface area (Å²) in [6.07, 6.45) is 3.60. The van der Waals surface area contributed by atoms with E-state index in [1.807, 2.05) is 42.6 Å². The zero-order valence-electron chi connectivity index (χ0n) is 9.97. The Labute approximate surface area is 99.9 Å². The van der Waals surface area contributed by atoms with Gasteiger partial charge >= 0.3 is 0 Å². The standard InChI is InChI=1S/C12H16N4O/c1-3-13-12(17)9(2)15-11-6-4-5-10-14-7-8-16(10)11/h4-9,15H,3H2,1-2H3,(H,13,17). The molecular formula is C12H16N4O. The lowest BCUT2D eigenvalue weighted by Gasteiger charge is -2.15. The van der Waals surface area contributed by atoms with Crippen LogP contribution < -0.4 is 10.6 Å². The van der Waals surface area contributed by atoms with Crippen LogP contribution in [0.3, 0.4) is 0 Å². The highest BCUT2D eigenvalue weighted by Gasteiger charge is 2.12. The number of pyridine rings is 1. The van der Waals surface area contributed by atoms with E-state index in [2.05, 4.69) is 15.6 Å². The zero-order valence-corrected chi connectivity index (χ0v) is 9.97. The first-order valence-corrected chi connectivity index (χ1v) is 5.68. The SMILES string of the molecule is CCNC(=O)C(C)Nc1cccc2nccn12. The number of anilines is 1. The van der Waals surface area contributed by atoms with Crippen LogP contribution >= 0.6 is 0 Å². The van der Waals surface area contributed by atoms with Crippen LogP contribution in [-0.2, 0) is 4.79 Å². The molecule has 1 amide bonds. The molecule has 2 rings (SSSR count). The van der Waals surface area contributed by atoms with Crippen molar-refractivity contribution in [1.29, 1.82) is 0 Å². The van der Waals surface area contributed by atoms with E-state index < -0.39 is 0 Å². The van der Waals surface area contributed by atoms with Gasteiger partial charge in [-0.2, -0.15) is 0 Å². The van der Waals surface area contributed by atoms with Crippen LogP contribution in [0.4, 0.5) is 5.82 Å². The molecule has 2 aromatic heterocycles. The normalized spacial score (nSPS) is 12.4. The average Bonchev–Trinajstić information content (AvgIpc) is 2.78. The Hall–Kier alpha value is -2.04. The summed E-state index contributed by atoms with van der Waals surface area (Å²) in [7, 11) is 0. The van der Waals surface area contributed by atoms with Gasteiger partial charge in [0.25, 0.3) is 0 Å². The van der Waals surface area contributed by atoms with Crippen LogP contribution in [0.2, 0.25) is 0 Å². The molecule has 1 atom stereocenters. The fraction of sp³-hybridized carbons (Fsp3) is 0.333. The largest absolute Gasteiger partial charge is 0.360 e. The summed E-state index contributed by atoms with van der Waals surface area (Å²) in [5.74, 6) is 0.850. The number of hydrogen-bond donors (Lipinski definition) is 2. The smallest absolute Gasteiger partial charge is 0.242 e. The summed E-state index contributed by atoms with van der Waals surface area (Å²) < 4.78 is 1.91. The number of amides is 1. The Morgan fingerprint density at radius 2 is 2.35 bits per heavy atom. The molecule has 5 nitrogen and oxygen atoms in total. The number of fused-ring (bicyclic) bond motifs is 1. The Bertz CT molecular complexity index is 520. The highest BCUT2D eigenvalue weighted by Crippen LogP contribution is 2.11. The molecule has 5 heteroatoms. The lowest BCUT2D eigenvalue weighted by molar-refractivity contribution is -0.121. The molecule has 0 aliphatic carbocycles. The van der Waals surface area contributed by atoms with E-state index in [1.54, 1.807) is 6.20 Å². The number of nitrogens with zero attached hydrogens (tertiary/aromatic N) is 2. The lowest BCUT2D eigenvalue weighted by Crippen LogP contribution is -2.37. The van der Waals surface area contributed by atoms with E-state index in [0.29, 0.717) is 6.54 Å². The molecule has 2 heterocycles. The first kappa shape index (κ1) is 11.4. The first-order valence-electron chi connectivity index (χ1n) is 5.68. The van der Waals surface area contributed by atoms with Gasteiger partial charge in [0.05, 0.1) is 0 Å². The van der Waals surface area contributed by atoms with Gasteiger partial charge in [-0.1, -0.05) is 6.07 Å². The predicted octanol–water partition coefficient (Wildman–Crippen LogP) is 1.27. The third-order valence-electron chi connectivity index (χ3n) is 2.54. The molecule has 0 radical (unpaired) electrons. The van der Waals surface area contributed by atoms with Crippen LogP contribution in [-0.4, -0.2) is 27.9 Å². The molecule has 0 fully saturated rings. The molecule has 2 N–H and O–H groups in total. The van der Waals surface area contributed by atoms with E-state index in [9.17, 15) is 4.79 Å². The monoisotopic (exact) mass is 232 g/mol. The highest BCUT2D eigenvalue weighted by atomic mass is 16.2. The quantitative estimate of drug-likeness (QED) is 0.834. The van der Waals surface area contributed by atoms with Gasteiger partial charge in [-0.05, 0) is 26.0 Å². The molecule has 0 spiro atoms. The number of hydrogen-bond acceptors (Lipinski definition) is 3. The minimum atomic E-state index is -0.275. The predicted molar refractivity (Wildman–Crippen MR) is 67.0 cm³/mol. The molecular weight excluding hydrogens is 216 g/mol. The Kier molecular flexibility index (Phi) is 3.27. The van der Waals surface area contributed by atoms with E-state index >= 15 is 0 Å². The van der Waals surface area contributed by atoms with Gasteiger partial charge in [-0.3, -0.25) is 9.20 Å². The summed E-state index contributed by atoms with van der Waals surface area (Å²) in [4.78, 5) is 15.8. The molecule has 17 heavy (non-hydrogen) atoms. The zero-order chi connectivity index (χ0) is 12.3. The topological polar surface area (TPSA) is 58.4 Å². The van der Waals surface area contributed by atoms with Crippen molar-refractivity contribution in [2.75, 3.05) is 11.9 Å². The molecule has 0 aromatic carbocycles. The van der Waals surface area contributed by atoms with Gasteiger partial charge in [0.1, 0.15) is 17.5 Å². The summed E-state index contributed by atoms with van der Waals surface area (Å²) >= 11 is 0. The van der Waals surface area contributed by atoms with Crippen molar-refractivity contribution in [2.24, 2.45) is 0 Å². The summed E-state index contributed by atoms with van der Waals surface area (Å²) in [5, 5.41) is 5.95. The third-order valence-corrected chi connectivity index (χ3v) is 2.54. The second-order valence-corrected chi connectivity index (χ2v) is 3.83. The number of aromatic nitrogens is 2. The molecule has 0 bridgehead atoms. The fourth-order valence-electron chi connectivity index (χ4n) is 1.68. The van der Waals surface area contributed by atoms with Crippen molar-refractivity contribution in [2.45, 2.75) is 19.9 Å². The number of carbonyl (C=O) groups excluding carboxylic acids is 1. The summed E-state index contributed by atoms with van der Waals surface area (Å²) in [6.45, 7) is 4.38. The van der Waals surface area contributed by atoms with Gasteiger partial charge < -0.3 is 10.6 Å². The maximum absolute atomic E-state index is 11.6. The van der Waals surface area contributed by atoms with Gasteiger partial charge in [-0.15, -0.1) is 0 Å². The number of likely N-dealkylation sites (N-methyl/N-ethyl adjacent to an activating group) is 1. The van der Waals surface area contributed by atoms with E-state index in [1.165, 1.54) is 0 Å². The summed E-state index contributed by atoms with van der Waals surface area (Å²) in [5.41, 5.74) is 0.859. The van der Waals surface area contributed by atoms with E-state index in [-0.39, 0.29) is 11.9 Å². The number of nitrogens with one attached hydrogen (secondary N) is 2. The second kappa shape index (κ2) is 4.86. The number of rotatable bonds is 4. The average molecular weight is 232 g/mol. The van der Waals surface area contributed by atoms with Gasteiger partial charge in [0, 0.05) is 18.9 Å². The molecule has 0 aliphatic heterocycles. The van der Waals surface area contributed by atoms with E-state index in [4.69, 9.17) is 0 Å². The Morgan fingerprint density at radius 3 is 3.12 bits per heavy atom. The third kappa shape index (κ3) is 2.38. The minimum Gasteiger partial charge on any atom is -0.360 e. The molecule has 2 aromatic rings. The van der Waals surface area contributed by atoms with Crippen molar-refractivity contribution in [1.82, 2.24) is 14.7 Å². The van der Waals surface area contributed by atoms with Crippen molar-refractivity contribution in [3.8, 4) is 0 Å². The maximum atomic E-state index is 11.6. The molecule has 0 saturated heterocycles. The highest BCUT2D eigenvalue weighted by molar-refractivity contribution is 5.83. The number of imidazole rings is 1. The van der Waals surface area contributed by atoms with Crippen molar-refractivity contribution < 1.29 is 4.79 Å². The lowest BCUT2D eigenvalue weighted by atomic mass is 10.3. The first-order chi connectivity index (χ1) is 8.22. The van der Waals surface area contributed by atoms with Crippen LogP contribution in [0.25, 0.3) is 5.65 Å². The van der Waals surface area contributed by atoms with Crippen LogP contribution in [0.15, 0.2) is 30.6 Å². The summed E-state index contributed by atoms with van der Waals surface area (Å²) in [6, 6.07) is 5.48. The van der Waals surface area contributed by atoms with E-state index in [0.717, 1.165) is 11.5 Å². The maximum Gasteiger partial charge on any atom is 0.242 e. The number of carbonyl (C=O) groups is 1. The molecule has 0 aliphatic rings. The molecule has 0 saturated carbocycles. The Morgan fingerprint density at radius 1 is 1.53 bits per heavy atom. The van der Waals surface area contributed by atoms with Gasteiger partial charge in [0.2, 0.25) is 5.91 Å². The molecule has 90 valence electrons. The second-order valence-electron chi connectivity index (χ2n) is 3.83. The Balaban J connectivity index is 2.18. The van der Waals surface area contributed by atoms with Gasteiger partial charge in [0.15, 0.2) is 0 Å². The van der Waals surface area contributed by atoms with Crippen LogP contribution in [0.5, 0.6) is 0 Å². The fourth-order valence-corrected chi connectivity index (χ4v) is 1.68. The van der Waals surface area contributed by atoms with Gasteiger partial charge in [-0.25, -0.2) is 4.98 Å². The minimum absolute atomic E-state index is 0.00961. The van der Waals surface area contributed by atoms with Crippen molar-refractivity contribution in [3.05, 3.63) is 30.6 Å². The molecule has 1 unspecified atom stereocenters.